The van der Waals surface area contributed by atoms with Gasteiger partial charge in [0.05, 0.1) is 6.10 Å². The lowest BCUT2D eigenvalue weighted by atomic mass is 9.99. The number of aliphatic hydroxyl groups excluding tert-OH is 1. The summed E-state index contributed by atoms with van der Waals surface area (Å²) in [5, 5.41) is 9.79. The molecule has 8 nitrogen and oxygen atoms in total. The third-order valence-corrected chi connectivity index (χ3v) is 2.65. The van der Waals surface area contributed by atoms with Gasteiger partial charge in [0.1, 0.15) is 0 Å². The van der Waals surface area contributed by atoms with Crippen LogP contribution in [-0.2, 0) is 33.3 Å². The Kier molecular flexibility index (Phi) is 5.46. The Bertz CT molecular complexity index is 365. The van der Waals surface area contributed by atoms with E-state index in [9.17, 15) is 19.5 Å². The molecule has 1 fully saturated rings. The molecule has 2 unspecified atom stereocenters. The first kappa shape index (κ1) is 16.4. The summed E-state index contributed by atoms with van der Waals surface area (Å²) in [4.78, 5) is 33.3. The van der Waals surface area contributed by atoms with E-state index in [1.54, 1.807) is 0 Å². The Morgan fingerprint density at radius 1 is 0.850 bits per heavy atom. The average molecular weight is 290 g/mol. The van der Waals surface area contributed by atoms with Crippen LogP contribution in [0.25, 0.3) is 0 Å². The molecule has 0 aliphatic carbocycles. The minimum atomic E-state index is -1.48. The fourth-order valence-electron chi connectivity index (χ4n) is 1.99. The van der Waals surface area contributed by atoms with Crippen LogP contribution in [0.4, 0.5) is 0 Å². The third kappa shape index (κ3) is 4.17. The number of aliphatic hydroxyl groups is 1. The monoisotopic (exact) mass is 290 g/mol. The first-order chi connectivity index (χ1) is 9.22. The highest BCUT2D eigenvalue weighted by atomic mass is 16.7. The molecular weight excluding hydrogens is 272 g/mol. The number of esters is 3. The van der Waals surface area contributed by atoms with Crippen molar-refractivity contribution in [3.63, 3.8) is 0 Å². The molecule has 0 spiro atoms. The number of ether oxygens (including phenoxy) is 4. The molecule has 1 heterocycles. The van der Waals surface area contributed by atoms with Crippen LogP contribution in [0.1, 0.15) is 27.7 Å². The molecule has 20 heavy (non-hydrogen) atoms. The minimum absolute atomic E-state index is 0.611. The highest BCUT2D eigenvalue weighted by Crippen LogP contribution is 2.27. The maximum Gasteiger partial charge on any atom is 0.303 e. The summed E-state index contributed by atoms with van der Waals surface area (Å²) in [7, 11) is 0. The molecule has 0 aromatic rings. The van der Waals surface area contributed by atoms with E-state index in [1.807, 2.05) is 0 Å². The highest BCUT2D eigenvalue weighted by Gasteiger charge is 2.49. The smallest absolute Gasteiger partial charge is 0.303 e. The molecule has 114 valence electrons. The van der Waals surface area contributed by atoms with Gasteiger partial charge in [-0.2, -0.15) is 0 Å². The lowest BCUT2D eigenvalue weighted by Gasteiger charge is -2.41. The fraction of sp³-hybridized carbons (Fsp3) is 0.750. The van der Waals surface area contributed by atoms with Crippen LogP contribution in [0.2, 0.25) is 0 Å². The van der Waals surface area contributed by atoms with E-state index < -0.39 is 48.6 Å². The molecule has 5 atom stereocenters. The summed E-state index contributed by atoms with van der Waals surface area (Å²) < 4.78 is 20.1. The molecule has 8 heteroatoms. The largest absolute Gasteiger partial charge is 0.456 e. The zero-order chi connectivity index (χ0) is 15.4. The maximum atomic E-state index is 11.2. The van der Waals surface area contributed by atoms with Gasteiger partial charge in [0, 0.05) is 20.8 Å². The summed E-state index contributed by atoms with van der Waals surface area (Å²) >= 11 is 0. The quantitative estimate of drug-likeness (QED) is 0.548. The second-order valence-corrected chi connectivity index (χ2v) is 4.45. The lowest BCUT2D eigenvalue weighted by Crippen LogP contribution is -2.60. The van der Waals surface area contributed by atoms with E-state index in [0.29, 0.717) is 0 Å². The normalized spacial score (nSPS) is 33.1. The standard InChI is InChI=1S/C12H18O8/c1-5-9(18-6(2)13)10(19-7(3)14)11(12(16)17-5)20-8(4)15/h5,9-12,16H,1-4H3/t5?,9-,10?,11-,12-/m0/s1. The summed E-state index contributed by atoms with van der Waals surface area (Å²) in [6.45, 7) is 5.01. The highest BCUT2D eigenvalue weighted by molar-refractivity contribution is 5.68. The molecule has 0 amide bonds. The molecule has 0 radical (unpaired) electrons. The molecule has 1 aliphatic rings. The van der Waals surface area contributed by atoms with Crippen LogP contribution in [-0.4, -0.2) is 53.7 Å². The van der Waals surface area contributed by atoms with Crippen LogP contribution in [0.15, 0.2) is 0 Å². The van der Waals surface area contributed by atoms with E-state index in [2.05, 4.69) is 0 Å². The van der Waals surface area contributed by atoms with Crippen molar-refractivity contribution in [3.05, 3.63) is 0 Å². The van der Waals surface area contributed by atoms with Crippen LogP contribution in [0, 0.1) is 0 Å². The molecule has 0 saturated carbocycles. The second-order valence-electron chi connectivity index (χ2n) is 4.45. The summed E-state index contributed by atoms with van der Waals surface area (Å²) in [5.74, 6) is -1.96. The number of carbonyl (C=O) groups excluding carboxylic acids is 3. The Morgan fingerprint density at radius 3 is 1.70 bits per heavy atom. The Morgan fingerprint density at radius 2 is 1.25 bits per heavy atom. The van der Waals surface area contributed by atoms with Gasteiger partial charge in [0.15, 0.2) is 24.6 Å². The molecule has 1 N–H and O–H groups in total. The van der Waals surface area contributed by atoms with Gasteiger partial charge in [-0.1, -0.05) is 0 Å². The number of hydrogen-bond acceptors (Lipinski definition) is 8. The molecule has 0 bridgehead atoms. The van der Waals surface area contributed by atoms with Crippen molar-refractivity contribution in [1.82, 2.24) is 0 Å². The molecule has 1 rings (SSSR count). The van der Waals surface area contributed by atoms with Crippen molar-refractivity contribution in [1.29, 1.82) is 0 Å². The van der Waals surface area contributed by atoms with Crippen molar-refractivity contribution in [2.24, 2.45) is 0 Å². The maximum absolute atomic E-state index is 11.2. The van der Waals surface area contributed by atoms with E-state index in [0.717, 1.165) is 13.8 Å². The van der Waals surface area contributed by atoms with E-state index in [4.69, 9.17) is 18.9 Å². The van der Waals surface area contributed by atoms with Crippen LogP contribution < -0.4 is 0 Å². The number of hydrogen-bond donors (Lipinski definition) is 1. The van der Waals surface area contributed by atoms with Crippen LogP contribution >= 0.6 is 0 Å². The molecular formula is C12H18O8. The topological polar surface area (TPSA) is 108 Å². The van der Waals surface area contributed by atoms with Crippen LogP contribution in [0.5, 0.6) is 0 Å². The zero-order valence-corrected chi connectivity index (χ0v) is 11.7. The van der Waals surface area contributed by atoms with Gasteiger partial charge in [0.2, 0.25) is 0 Å². The summed E-state index contributed by atoms with van der Waals surface area (Å²) in [6, 6.07) is 0. The van der Waals surface area contributed by atoms with Gasteiger partial charge in [-0.15, -0.1) is 0 Å². The SMILES string of the molecule is CC(=O)OC1[C@@H](OC(C)=O)C(C)O[C@H](O)[C@H]1OC(C)=O. The van der Waals surface area contributed by atoms with E-state index in [1.165, 1.54) is 13.8 Å². The predicted molar refractivity (Wildman–Crippen MR) is 63.2 cm³/mol. The summed E-state index contributed by atoms with van der Waals surface area (Å²) in [5.41, 5.74) is 0. The first-order valence-electron chi connectivity index (χ1n) is 6.07. The third-order valence-electron chi connectivity index (χ3n) is 2.65. The minimum Gasteiger partial charge on any atom is -0.456 e. The Balaban J connectivity index is 3.01. The van der Waals surface area contributed by atoms with Gasteiger partial charge in [-0.3, -0.25) is 14.4 Å². The fourth-order valence-corrected chi connectivity index (χ4v) is 1.99. The lowest BCUT2D eigenvalue weighted by molar-refractivity contribution is -0.288. The molecule has 0 aromatic heterocycles. The van der Waals surface area contributed by atoms with Crippen molar-refractivity contribution in [2.75, 3.05) is 0 Å². The Labute approximate surface area is 115 Å². The van der Waals surface area contributed by atoms with Crippen molar-refractivity contribution < 1.29 is 38.4 Å². The average Bonchev–Trinajstić information content (AvgIpc) is 2.27. The van der Waals surface area contributed by atoms with Gasteiger partial charge in [-0.05, 0) is 6.92 Å². The number of rotatable bonds is 3. The van der Waals surface area contributed by atoms with E-state index in [-0.39, 0.29) is 0 Å². The van der Waals surface area contributed by atoms with Gasteiger partial charge >= 0.3 is 17.9 Å². The van der Waals surface area contributed by atoms with Gasteiger partial charge in [-0.25, -0.2) is 0 Å². The molecule has 1 aliphatic heterocycles. The second kappa shape index (κ2) is 6.67. The van der Waals surface area contributed by atoms with Crippen molar-refractivity contribution >= 4 is 17.9 Å². The van der Waals surface area contributed by atoms with Crippen molar-refractivity contribution in [3.8, 4) is 0 Å². The zero-order valence-electron chi connectivity index (χ0n) is 11.7. The summed E-state index contributed by atoms with van der Waals surface area (Å²) in [6.07, 6.45) is -5.60. The van der Waals surface area contributed by atoms with Gasteiger partial charge < -0.3 is 24.1 Å². The molecule has 1 saturated heterocycles. The van der Waals surface area contributed by atoms with E-state index >= 15 is 0 Å². The molecule has 0 aromatic carbocycles. The van der Waals surface area contributed by atoms with Crippen molar-refractivity contribution in [2.45, 2.75) is 58.4 Å². The van der Waals surface area contributed by atoms with Gasteiger partial charge in [0.25, 0.3) is 0 Å². The first-order valence-corrected chi connectivity index (χ1v) is 6.07. The van der Waals surface area contributed by atoms with Crippen LogP contribution in [0.3, 0.4) is 0 Å². The number of carbonyl (C=O) groups is 3. The Hall–Kier alpha value is -1.67. The predicted octanol–water partition coefficient (Wildman–Crippen LogP) is -0.481.